The molecular weight excluding hydrogens is 216 g/mol. The number of carboxylic acid groups (broad SMARTS) is 1. The molecule has 0 fully saturated rings. The number of aliphatic carboxylic acids is 1. The van der Waals surface area contributed by atoms with Gasteiger partial charge in [-0.05, 0) is 31.7 Å². The van der Waals surface area contributed by atoms with Crippen LogP contribution in [0.4, 0.5) is 8.78 Å². The summed E-state index contributed by atoms with van der Waals surface area (Å²) in [6.45, 7) is 1.62. The van der Waals surface area contributed by atoms with Gasteiger partial charge in [0.15, 0.2) is 11.6 Å². The summed E-state index contributed by atoms with van der Waals surface area (Å²) in [7, 11) is 1.57. The van der Waals surface area contributed by atoms with E-state index in [4.69, 9.17) is 5.11 Å². The smallest absolute Gasteiger partial charge is 0.305 e. The van der Waals surface area contributed by atoms with Crippen molar-refractivity contribution in [2.45, 2.75) is 18.9 Å². The van der Waals surface area contributed by atoms with E-state index in [1.54, 1.807) is 14.0 Å². The summed E-state index contributed by atoms with van der Waals surface area (Å²) >= 11 is 0. The summed E-state index contributed by atoms with van der Waals surface area (Å²) in [5.41, 5.74) is -0.517. The molecular formula is C11H13F2NO2. The molecule has 0 bridgehead atoms. The van der Waals surface area contributed by atoms with Crippen LogP contribution in [0.5, 0.6) is 0 Å². The van der Waals surface area contributed by atoms with Gasteiger partial charge >= 0.3 is 5.97 Å². The van der Waals surface area contributed by atoms with Crippen molar-refractivity contribution in [3.05, 3.63) is 35.4 Å². The van der Waals surface area contributed by atoms with Gasteiger partial charge in [-0.2, -0.15) is 0 Å². The van der Waals surface area contributed by atoms with E-state index >= 15 is 0 Å². The van der Waals surface area contributed by atoms with Gasteiger partial charge in [-0.3, -0.25) is 4.79 Å². The average Bonchev–Trinajstić information content (AvgIpc) is 2.21. The third-order valence-electron chi connectivity index (χ3n) is 2.61. The highest BCUT2D eigenvalue weighted by Gasteiger charge is 2.28. The van der Waals surface area contributed by atoms with Crippen LogP contribution in [0.1, 0.15) is 18.9 Å². The molecule has 1 unspecified atom stereocenters. The number of rotatable bonds is 4. The molecule has 0 saturated carbocycles. The van der Waals surface area contributed by atoms with Gasteiger partial charge in [0.25, 0.3) is 0 Å². The van der Waals surface area contributed by atoms with Crippen molar-refractivity contribution in [3.8, 4) is 0 Å². The van der Waals surface area contributed by atoms with Crippen LogP contribution in [0, 0.1) is 11.6 Å². The van der Waals surface area contributed by atoms with Gasteiger partial charge in [0.2, 0.25) is 0 Å². The largest absolute Gasteiger partial charge is 0.481 e. The molecule has 0 heterocycles. The zero-order valence-corrected chi connectivity index (χ0v) is 9.05. The number of hydrogen-bond donors (Lipinski definition) is 2. The molecule has 0 spiro atoms. The maximum atomic E-state index is 13.0. The van der Waals surface area contributed by atoms with E-state index in [1.807, 2.05) is 0 Å². The minimum atomic E-state index is -1.01. The fraction of sp³-hybridized carbons (Fsp3) is 0.364. The lowest BCUT2D eigenvalue weighted by Crippen LogP contribution is -2.39. The first-order valence-electron chi connectivity index (χ1n) is 4.75. The summed E-state index contributed by atoms with van der Waals surface area (Å²) < 4.78 is 25.8. The van der Waals surface area contributed by atoms with Crippen LogP contribution in [0.2, 0.25) is 0 Å². The Labute approximate surface area is 92.1 Å². The van der Waals surface area contributed by atoms with Crippen LogP contribution >= 0.6 is 0 Å². The Hall–Kier alpha value is -1.49. The van der Waals surface area contributed by atoms with E-state index in [1.165, 1.54) is 6.07 Å². The molecule has 1 aromatic rings. The quantitative estimate of drug-likeness (QED) is 0.828. The molecule has 5 heteroatoms. The number of nitrogens with one attached hydrogen (secondary N) is 1. The van der Waals surface area contributed by atoms with E-state index in [9.17, 15) is 13.6 Å². The minimum absolute atomic E-state index is 0.214. The van der Waals surface area contributed by atoms with Crippen molar-refractivity contribution in [2.75, 3.05) is 7.05 Å². The molecule has 0 aliphatic heterocycles. The molecule has 88 valence electrons. The van der Waals surface area contributed by atoms with Crippen LogP contribution in [-0.2, 0) is 10.3 Å². The molecule has 0 aliphatic rings. The van der Waals surface area contributed by atoms with Crippen LogP contribution in [-0.4, -0.2) is 18.1 Å². The Bertz CT molecular complexity index is 409. The second-order valence-electron chi connectivity index (χ2n) is 3.78. The normalized spacial score (nSPS) is 14.5. The number of hydrogen-bond acceptors (Lipinski definition) is 2. The summed E-state index contributed by atoms with van der Waals surface area (Å²) in [6.07, 6.45) is -0.214. The molecule has 0 amide bonds. The third kappa shape index (κ3) is 2.55. The van der Waals surface area contributed by atoms with Crippen molar-refractivity contribution in [2.24, 2.45) is 0 Å². The van der Waals surface area contributed by atoms with Gasteiger partial charge in [0, 0.05) is 0 Å². The second-order valence-corrected chi connectivity index (χ2v) is 3.78. The fourth-order valence-electron chi connectivity index (χ4n) is 1.48. The van der Waals surface area contributed by atoms with Crippen LogP contribution < -0.4 is 5.32 Å². The van der Waals surface area contributed by atoms with Gasteiger partial charge in [0.1, 0.15) is 0 Å². The van der Waals surface area contributed by atoms with E-state index < -0.39 is 23.1 Å². The molecule has 1 atom stereocenters. The zero-order valence-electron chi connectivity index (χ0n) is 9.05. The Balaban J connectivity index is 3.12. The topological polar surface area (TPSA) is 49.3 Å². The molecule has 0 aliphatic carbocycles. The minimum Gasteiger partial charge on any atom is -0.481 e. The van der Waals surface area contributed by atoms with Gasteiger partial charge in [-0.1, -0.05) is 6.07 Å². The van der Waals surface area contributed by atoms with Crippen molar-refractivity contribution in [1.29, 1.82) is 0 Å². The van der Waals surface area contributed by atoms with Gasteiger partial charge in [-0.15, -0.1) is 0 Å². The van der Waals surface area contributed by atoms with E-state index in [-0.39, 0.29) is 6.42 Å². The first-order valence-corrected chi connectivity index (χ1v) is 4.75. The number of carbonyl (C=O) groups is 1. The SMILES string of the molecule is CNC(C)(CC(=O)O)c1ccc(F)c(F)c1. The maximum Gasteiger partial charge on any atom is 0.305 e. The molecule has 0 radical (unpaired) electrons. The zero-order chi connectivity index (χ0) is 12.3. The molecule has 0 saturated heterocycles. The summed E-state index contributed by atoms with van der Waals surface area (Å²) in [4.78, 5) is 10.7. The average molecular weight is 229 g/mol. The first-order chi connectivity index (χ1) is 7.39. The van der Waals surface area contributed by atoms with E-state index in [0.29, 0.717) is 5.56 Å². The third-order valence-corrected chi connectivity index (χ3v) is 2.61. The van der Waals surface area contributed by atoms with Crippen LogP contribution in [0.15, 0.2) is 18.2 Å². The van der Waals surface area contributed by atoms with Gasteiger partial charge in [-0.25, -0.2) is 8.78 Å². The van der Waals surface area contributed by atoms with Gasteiger partial charge < -0.3 is 10.4 Å². The highest BCUT2D eigenvalue weighted by Crippen LogP contribution is 2.25. The van der Waals surface area contributed by atoms with Crippen molar-refractivity contribution < 1.29 is 18.7 Å². The summed E-state index contributed by atoms with van der Waals surface area (Å²) in [5.74, 6) is -2.94. The fourth-order valence-corrected chi connectivity index (χ4v) is 1.48. The monoisotopic (exact) mass is 229 g/mol. The Kier molecular flexibility index (Phi) is 3.59. The first kappa shape index (κ1) is 12.6. The Morgan fingerprint density at radius 3 is 2.50 bits per heavy atom. The van der Waals surface area contributed by atoms with Crippen LogP contribution in [0.25, 0.3) is 0 Å². The highest BCUT2D eigenvalue weighted by molar-refractivity contribution is 5.68. The molecule has 2 N–H and O–H groups in total. The lowest BCUT2D eigenvalue weighted by Gasteiger charge is -2.28. The number of carboxylic acids is 1. The number of halogens is 2. The van der Waals surface area contributed by atoms with E-state index in [0.717, 1.165) is 12.1 Å². The summed E-state index contributed by atoms with van der Waals surface area (Å²) in [5, 5.41) is 11.6. The Morgan fingerprint density at radius 2 is 2.06 bits per heavy atom. The molecule has 1 aromatic carbocycles. The predicted molar refractivity (Wildman–Crippen MR) is 55.0 cm³/mol. The predicted octanol–water partition coefficient (Wildman–Crippen LogP) is 1.87. The van der Waals surface area contributed by atoms with E-state index in [2.05, 4.69) is 5.32 Å². The maximum absolute atomic E-state index is 13.0. The van der Waals surface area contributed by atoms with Gasteiger partial charge in [0.05, 0.1) is 12.0 Å². The van der Waals surface area contributed by atoms with Crippen molar-refractivity contribution >= 4 is 5.97 Å². The second kappa shape index (κ2) is 4.57. The standard InChI is InChI=1S/C11H13F2NO2/c1-11(14-2,6-10(15)16)7-3-4-8(12)9(13)5-7/h3-5,14H,6H2,1-2H3,(H,15,16). The molecule has 3 nitrogen and oxygen atoms in total. The van der Waals surface area contributed by atoms with Crippen molar-refractivity contribution in [1.82, 2.24) is 5.32 Å². The highest BCUT2D eigenvalue weighted by atomic mass is 19.2. The number of benzene rings is 1. The lowest BCUT2D eigenvalue weighted by molar-refractivity contribution is -0.138. The molecule has 1 rings (SSSR count). The van der Waals surface area contributed by atoms with Crippen LogP contribution in [0.3, 0.4) is 0 Å². The molecule has 16 heavy (non-hydrogen) atoms. The molecule has 0 aromatic heterocycles. The Morgan fingerprint density at radius 1 is 1.44 bits per heavy atom. The lowest BCUT2D eigenvalue weighted by atomic mass is 9.89. The van der Waals surface area contributed by atoms with Crippen molar-refractivity contribution in [3.63, 3.8) is 0 Å². The summed E-state index contributed by atoms with van der Waals surface area (Å²) in [6, 6.07) is 3.37.